The van der Waals surface area contributed by atoms with Gasteiger partial charge in [0, 0.05) is 17.8 Å². The Balaban J connectivity index is 2.26. The van der Waals surface area contributed by atoms with Gasteiger partial charge in [-0.25, -0.2) is 0 Å². The van der Waals surface area contributed by atoms with Gasteiger partial charge in [0.25, 0.3) is 0 Å². The van der Waals surface area contributed by atoms with Crippen LogP contribution < -0.4 is 0 Å². The molecule has 1 atom stereocenters. The molecule has 0 N–H and O–H groups in total. The molecule has 1 aromatic carbocycles. The van der Waals surface area contributed by atoms with Crippen molar-refractivity contribution >= 4 is 0 Å². The first-order valence-corrected chi connectivity index (χ1v) is 6.79. The maximum atomic E-state index is 4.54. The standard InChI is InChI=1S/C17H22N2/c1-14-7-9-15(10-8-14)16(11-13-19(2)3)17-6-4-5-12-18-17/h4-10,12,16H,11,13H2,1-3H3/t16-/m1/s1. The number of aromatic nitrogens is 1. The molecule has 0 bridgehead atoms. The van der Waals surface area contributed by atoms with Gasteiger partial charge in [0.15, 0.2) is 0 Å². The first kappa shape index (κ1) is 13.8. The van der Waals surface area contributed by atoms with E-state index in [2.05, 4.69) is 67.3 Å². The van der Waals surface area contributed by atoms with Crippen LogP contribution in [0.25, 0.3) is 0 Å². The topological polar surface area (TPSA) is 16.1 Å². The lowest BCUT2D eigenvalue weighted by Crippen LogP contribution is -2.17. The van der Waals surface area contributed by atoms with Crippen LogP contribution in [0.2, 0.25) is 0 Å². The van der Waals surface area contributed by atoms with Gasteiger partial charge in [-0.05, 0) is 51.7 Å². The van der Waals surface area contributed by atoms with E-state index in [4.69, 9.17) is 0 Å². The Hall–Kier alpha value is -1.67. The van der Waals surface area contributed by atoms with Crippen LogP contribution in [0, 0.1) is 6.92 Å². The van der Waals surface area contributed by atoms with Gasteiger partial charge in [0.1, 0.15) is 0 Å². The molecule has 2 aromatic rings. The normalized spacial score (nSPS) is 12.6. The van der Waals surface area contributed by atoms with Gasteiger partial charge in [-0.15, -0.1) is 0 Å². The highest BCUT2D eigenvalue weighted by molar-refractivity contribution is 5.30. The molecule has 0 unspecified atom stereocenters. The Morgan fingerprint density at radius 3 is 2.37 bits per heavy atom. The van der Waals surface area contributed by atoms with E-state index in [0.29, 0.717) is 5.92 Å². The minimum absolute atomic E-state index is 0.379. The van der Waals surface area contributed by atoms with Crippen molar-refractivity contribution in [3.05, 3.63) is 65.5 Å². The Bertz CT molecular complexity index is 488. The van der Waals surface area contributed by atoms with Gasteiger partial charge in [-0.3, -0.25) is 4.98 Å². The predicted octanol–water partition coefficient (Wildman–Crippen LogP) is 3.47. The summed E-state index contributed by atoms with van der Waals surface area (Å²) in [6.07, 6.45) is 2.97. The van der Waals surface area contributed by atoms with Gasteiger partial charge in [0.05, 0.1) is 0 Å². The number of aryl methyl sites for hydroxylation is 1. The fourth-order valence-corrected chi connectivity index (χ4v) is 2.25. The van der Waals surface area contributed by atoms with Crippen LogP contribution in [0.4, 0.5) is 0 Å². The van der Waals surface area contributed by atoms with E-state index in [-0.39, 0.29) is 0 Å². The van der Waals surface area contributed by atoms with Crippen molar-refractivity contribution in [3.63, 3.8) is 0 Å². The molecule has 1 aromatic heterocycles. The van der Waals surface area contributed by atoms with Crippen LogP contribution in [-0.2, 0) is 0 Å². The van der Waals surface area contributed by atoms with E-state index in [9.17, 15) is 0 Å². The van der Waals surface area contributed by atoms with Crippen LogP contribution in [-0.4, -0.2) is 30.5 Å². The van der Waals surface area contributed by atoms with E-state index in [1.165, 1.54) is 11.1 Å². The lowest BCUT2D eigenvalue weighted by molar-refractivity contribution is 0.389. The molecule has 0 amide bonds. The van der Waals surface area contributed by atoms with E-state index in [1.54, 1.807) is 0 Å². The van der Waals surface area contributed by atoms with Crippen molar-refractivity contribution in [2.24, 2.45) is 0 Å². The molecule has 2 heteroatoms. The third-order valence-corrected chi connectivity index (χ3v) is 3.39. The van der Waals surface area contributed by atoms with Gasteiger partial charge in [-0.1, -0.05) is 35.9 Å². The third kappa shape index (κ3) is 3.90. The highest BCUT2D eigenvalue weighted by atomic mass is 15.0. The third-order valence-electron chi connectivity index (χ3n) is 3.39. The Morgan fingerprint density at radius 1 is 1.05 bits per heavy atom. The predicted molar refractivity (Wildman–Crippen MR) is 80.4 cm³/mol. The summed E-state index contributed by atoms with van der Waals surface area (Å²) < 4.78 is 0. The number of nitrogens with zero attached hydrogens (tertiary/aromatic N) is 2. The number of hydrogen-bond donors (Lipinski definition) is 0. The largest absolute Gasteiger partial charge is 0.309 e. The van der Waals surface area contributed by atoms with Crippen LogP contribution in [0.15, 0.2) is 48.7 Å². The monoisotopic (exact) mass is 254 g/mol. The summed E-state index contributed by atoms with van der Waals surface area (Å²) in [6.45, 7) is 3.19. The van der Waals surface area contributed by atoms with Gasteiger partial charge in [0.2, 0.25) is 0 Å². The smallest absolute Gasteiger partial charge is 0.0478 e. The summed E-state index contributed by atoms with van der Waals surface area (Å²) >= 11 is 0. The SMILES string of the molecule is Cc1ccc([C@@H](CCN(C)C)c2ccccn2)cc1. The average molecular weight is 254 g/mol. The second-order valence-electron chi connectivity index (χ2n) is 5.31. The number of rotatable bonds is 5. The minimum Gasteiger partial charge on any atom is -0.309 e. The van der Waals surface area contributed by atoms with E-state index in [1.807, 2.05) is 12.3 Å². The zero-order chi connectivity index (χ0) is 13.7. The fourth-order valence-electron chi connectivity index (χ4n) is 2.25. The molecule has 0 aliphatic carbocycles. The molecule has 0 fully saturated rings. The van der Waals surface area contributed by atoms with E-state index < -0.39 is 0 Å². The summed E-state index contributed by atoms with van der Waals surface area (Å²) in [5, 5.41) is 0. The van der Waals surface area contributed by atoms with E-state index >= 15 is 0 Å². The van der Waals surface area contributed by atoms with Crippen LogP contribution >= 0.6 is 0 Å². The minimum atomic E-state index is 0.379. The first-order chi connectivity index (χ1) is 9.16. The molecule has 0 aliphatic heterocycles. The molecule has 2 rings (SSSR count). The average Bonchev–Trinajstić information content (AvgIpc) is 2.42. The molecule has 0 spiro atoms. The highest BCUT2D eigenvalue weighted by Crippen LogP contribution is 2.26. The molecule has 0 saturated heterocycles. The fraction of sp³-hybridized carbons (Fsp3) is 0.353. The van der Waals surface area contributed by atoms with Crippen molar-refractivity contribution in [2.75, 3.05) is 20.6 Å². The number of pyridine rings is 1. The van der Waals surface area contributed by atoms with Gasteiger partial charge >= 0.3 is 0 Å². The summed E-state index contributed by atoms with van der Waals surface area (Å²) in [5.41, 5.74) is 3.82. The van der Waals surface area contributed by atoms with Crippen LogP contribution in [0.1, 0.15) is 29.2 Å². The maximum Gasteiger partial charge on any atom is 0.0478 e. The van der Waals surface area contributed by atoms with Crippen molar-refractivity contribution in [1.82, 2.24) is 9.88 Å². The molecule has 100 valence electrons. The lowest BCUT2D eigenvalue weighted by atomic mass is 9.91. The Kier molecular flexibility index (Phi) is 4.69. The summed E-state index contributed by atoms with van der Waals surface area (Å²) in [7, 11) is 4.23. The van der Waals surface area contributed by atoms with Crippen molar-refractivity contribution < 1.29 is 0 Å². The zero-order valence-electron chi connectivity index (χ0n) is 12.0. The lowest BCUT2D eigenvalue weighted by Gasteiger charge is -2.19. The van der Waals surface area contributed by atoms with E-state index in [0.717, 1.165) is 18.7 Å². The second kappa shape index (κ2) is 6.48. The molecule has 1 heterocycles. The zero-order valence-corrected chi connectivity index (χ0v) is 12.0. The Morgan fingerprint density at radius 2 is 1.79 bits per heavy atom. The molecule has 0 aliphatic rings. The first-order valence-electron chi connectivity index (χ1n) is 6.79. The summed E-state index contributed by atoms with van der Waals surface area (Å²) in [6, 6.07) is 15.0. The van der Waals surface area contributed by atoms with Crippen LogP contribution in [0.5, 0.6) is 0 Å². The summed E-state index contributed by atoms with van der Waals surface area (Å²) in [5.74, 6) is 0.379. The molecular formula is C17H22N2. The van der Waals surface area contributed by atoms with Crippen molar-refractivity contribution in [1.29, 1.82) is 0 Å². The Labute approximate surface area is 116 Å². The quantitative estimate of drug-likeness (QED) is 0.812. The van der Waals surface area contributed by atoms with Crippen molar-refractivity contribution in [2.45, 2.75) is 19.3 Å². The molecule has 2 nitrogen and oxygen atoms in total. The number of benzene rings is 1. The molecule has 19 heavy (non-hydrogen) atoms. The summed E-state index contributed by atoms with van der Waals surface area (Å²) in [4.78, 5) is 6.76. The number of hydrogen-bond acceptors (Lipinski definition) is 2. The van der Waals surface area contributed by atoms with Crippen LogP contribution in [0.3, 0.4) is 0 Å². The second-order valence-corrected chi connectivity index (χ2v) is 5.31. The molecular weight excluding hydrogens is 232 g/mol. The highest BCUT2D eigenvalue weighted by Gasteiger charge is 2.15. The molecule has 0 saturated carbocycles. The maximum absolute atomic E-state index is 4.54. The molecule has 0 radical (unpaired) electrons. The van der Waals surface area contributed by atoms with Gasteiger partial charge < -0.3 is 4.90 Å². The van der Waals surface area contributed by atoms with Gasteiger partial charge in [-0.2, -0.15) is 0 Å². The van der Waals surface area contributed by atoms with Crippen molar-refractivity contribution in [3.8, 4) is 0 Å².